The molecule has 1 aromatic rings. The second-order valence-corrected chi connectivity index (χ2v) is 5.07. The number of nitro benzene ring substituents is 1. The second-order valence-electron chi connectivity index (χ2n) is 5.07. The molecule has 0 aromatic heterocycles. The van der Waals surface area contributed by atoms with Crippen LogP contribution in [0.2, 0.25) is 0 Å². The van der Waals surface area contributed by atoms with E-state index in [2.05, 4.69) is 5.32 Å². The molecule has 0 saturated carbocycles. The first kappa shape index (κ1) is 15.2. The van der Waals surface area contributed by atoms with Crippen molar-refractivity contribution in [2.75, 3.05) is 18.9 Å². The number of nitro groups is 1. The first-order valence-corrected chi connectivity index (χ1v) is 7.01. The number of nitrogens with one attached hydrogen (secondary N) is 1. The van der Waals surface area contributed by atoms with Crippen LogP contribution in [0.3, 0.4) is 0 Å². The molecule has 7 nitrogen and oxygen atoms in total. The van der Waals surface area contributed by atoms with Gasteiger partial charge in [-0.05, 0) is 37.8 Å². The van der Waals surface area contributed by atoms with E-state index >= 15 is 0 Å². The highest BCUT2D eigenvalue weighted by atomic mass is 16.6. The minimum Gasteiger partial charge on any atom is -0.399 e. The van der Waals surface area contributed by atoms with E-state index in [0.29, 0.717) is 18.7 Å². The summed E-state index contributed by atoms with van der Waals surface area (Å²) in [5, 5.41) is 13.6. The van der Waals surface area contributed by atoms with Crippen molar-refractivity contribution in [3.63, 3.8) is 0 Å². The highest BCUT2D eigenvalue weighted by Gasteiger charge is 2.20. The van der Waals surface area contributed by atoms with Crippen molar-refractivity contribution in [1.82, 2.24) is 5.32 Å². The Morgan fingerprint density at radius 3 is 2.95 bits per heavy atom. The van der Waals surface area contributed by atoms with Gasteiger partial charge in [-0.15, -0.1) is 0 Å². The minimum absolute atomic E-state index is 0.00966. The molecule has 0 radical (unpaired) electrons. The van der Waals surface area contributed by atoms with Crippen LogP contribution in [0.5, 0.6) is 0 Å². The van der Waals surface area contributed by atoms with Gasteiger partial charge in [0.05, 0.1) is 11.0 Å². The van der Waals surface area contributed by atoms with Gasteiger partial charge >= 0.3 is 0 Å². The van der Waals surface area contributed by atoms with E-state index < -0.39 is 10.8 Å². The maximum Gasteiger partial charge on any atom is 0.282 e. The van der Waals surface area contributed by atoms with Gasteiger partial charge in [-0.25, -0.2) is 0 Å². The SMILES string of the molecule is Nc1ccc([N+](=O)[O-])c(C(=O)NCCC2CCCCO2)c1. The molecule has 1 atom stereocenters. The quantitative estimate of drug-likeness (QED) is 0.489. The number of benzene rings is 1. The molecule has 114 valence electrons. The predicted octanol–water partition coefficient (Wildman–Crippen LogP) is 1.87. The van der Waals surface area contributed by atoms with Crippen molar-refractivity contribution in [3.05, 3.63) is 33.9 Å². The van der Waals surface area contributed by atoms with Gasteiger partial charge in [0.15, 0.2) is 0 Å². The number of ether oxygens (including phenoxy) is 1. The zero-order chi connectivity index (χ0) is 15.2. The molecule has 1 aromatic carbocycles. The van der Waals surface area contributed by atoms with Gasteiger partial charge in [0.25, 0.3) is 11.6 Å². The van der Waals surface area contributed by atoms with E-state index in [-0.39, 0.29) is 17.4 Å². The van der Waals surface area contributed by atoms with Crippen LogP contribution in [0.1, 0.15) is 36.0 Å². The van der Waals surface area contributed by atoms with Crippen LogP contribution in [-0.4, -0.2) is 30.1 Å². The fourth-order valence-corrected chi connectivity index (χ4v) is 2.37. The molecule has 1 fully saturated rings. The maximum absolute atomic E-state index is 12.1. The molecule has 1 aliphatic rings. The summed E-state index contributed by atoms with van der Waals surface area (Å²) in [5.74, 6) is -0.482. The topological polar surface area (TPSA) is 107 Å². The molecule has 21 heavy (non-hydrogen) atoms. The summed E-state index contributed by atoms with van der Waals surface area (Å²) < 4.78 is 5.57. The summed E-state index contributed by atoms with van der Waals surface area (Å²) in [5.41, 5.74) is 5.66. The molecular formula is C14H19N3O4. The van der Waals surface area contributed by atoms with Crippen molar-refractivity contribution in [2.45, 2.75) is 31.8 Å². The van der Waals surface area contributed by atoms with Crippen molar-refractivity contribution in [3.8, 4) is 0 Å². The molecule has 1 amide bonds. The Balaban J connectivity index is 1.93. The number of nitrogens with two attached hydrogens (primary N) is 1. The highest BCUT2D eigenvalue weighted by molar-refractivity contribution is 5.99. The monoisotopic (exact) mass is 293 g/mol. The number of amides is 1. The fourth-order valence-electron chi connectivity index (χ4n) is 2.37. The summed E-state index contributed by atoms with van der Waals surface area (Å²) in [6, 6.07) is 3.98. The standard InChI is InChI=1S/C14H19N3O4/c15-10-4-5-13(17(19)20)12(9-10)14(18)16-7-6-11-3-1-2-8-21-11/h4-5,9,11H,1-3,6-8,15H2,(H,16,18). The zero-order valence-corrected chi connectivity index (χ0v) is 11.7. The summed E-state index contributed by atoms with van der Waals surface area (Å²) in [6.07, 6.45) is 4.09. The molecule has 1 saturated heterocycles. The Bertz CT molecular complexity index is 527. The van der Waals surface area contributed by atoms with Gasteiger partial charge in [0, 0.05) is 24.9 Å². The smallest absolute Gasteiger partial charge is 0.282 e. The molecular weight excluding hydrogens is 274 g/mol. The lowest BCUT2D eigenvalue weighted by Gasteiger charge is -2.22. The van der Waals surface area contributed by atoms with Gasteiger partial charge in [-0.2, -0.15) is 0 Å². The van der Waals surface area contributed by atoms with E-state index in [9.17, 15) is 14.9 Å². The van der Waals surface area contributed by atoms with Crippen molar-refractivity contribution < 1.29 is 14.5 Å². The molecule has 0 bridgehead atoms. The van der Waals surface area contributed by atoms with E-state index in [1.807, 2.05) is 0 Å². The number of rotatable bonds is 5. The Morgan fingerprint density at radius 1 is 1.48 bits per heavy atom. The second kappa shape index (κ2) is 7.03. The van der Waals surface area contributed by atoms with Crippen LogP contribution >= 0.6 is 0 Å². The van der Waals surface area contributed by atoms with Crippen molar-refractivity contribution >= 4 is 17.3 Å². The van der Waals surface area contributed by atoms with E-state index in [4.69, 9.17) is 10.5 Å². The van der Waals surface area contributed by atoms with Crippen LogP contribution in [0.4, 0.5) is 11.4 Å². The lowest BCUT2D eigenvalue weighted by Crippen LogP contribution is -2.29. The van der Waals surface area contributed by atoms with Crippen LogP contribution in [0.15, 0.2) is 18.2 Å². The van der Waals surface area contributed by atoms with Gasteiger partial charge < -0.3 is 15.8 Å². The number of carbonyl (C=O) groups excluding carboxylic acids is 1. The molecule has 3 N–H and O–H groups in total. The maximum atomic E-state index is 12.1. The molecule has 0 aliphatic carbocycles. The third kappa shape index (κ3) is 4.16. The van der Waals surface area contributed by atoms with E-state index in [1.54, 1.807) is 0 Å². The fraction of sp³-hybridized carbons (Fsp3) is 0.500. The average Bonchev–Trinajstić information content (AvgIpc) is 2.47. The number of nitrogen functional groups attached to an aromatic ring is 1. The summed E-state index contributed by atoms with van der Waals surface area (Å²) >= 11 is 0. The first-order chi connectivity index (χ1) is 10.1. The number of carbonyl (C=O) groups is 1. The molecule has 1 aliphatic heterocycles. The molecule has 1 heterocycles. The Labute approximate surface area is 122 Å². The van der Waals surface area contributed by atoms with Gasteiger partial charge in [0.2, 0.25) is 0 Å². The molecule has 2 rings (SSSR count). The van der Waals surface area contributed by atoms with Crippen LogP contribution < -0.4 is 11.1 Å². The molecule has 7 heteroatoms. The van der Waals surface area contributed by atoms with Crippen LogP contribution in [0, 0.1) is 10.1 Å². The van der Waals surface area contributed by atoms with Gasteiger partial charge in [-0.3, -0.25) is 14.9 Å². The van der Waals surface area contributed by atoms with Crippen LogP contribution in [0.25, 0.3) is 0 Å². The van der Waals surface area contributed by atoms with Crippen LogP contribution in [-0.2, 0) is 4.74 Å². The Morgan fingerprint density at radius 2 is 2.29 bits per heavy atom. The number of anilines is 1. The minimum atomic E-state index is -0.585. The van der Waals surface area contributed by atoms with E-state index in [1.165, 1.54) is 18.2 Å². The van der Waals surface area contributed by atoms with Crippen molar-refractivity contribution in [1.29, 1.82) is 0 Å². The van der Waals surface area contributed by atoms with Gasteiger partial charge in [-0.1, -0.05) is 0 Å². The lowest BCUT2D eigenvalue weighted by molar-refractivity contribution is -0.385. The summed E-state index contributed by atoms with van der Waals surface area (Å²) in [4.78, 5) is 22.4. The third-order valence-electron chi connectivity index (χ3n) is 3.49. The predicted molar refractivity (Wildman–Crippen MR) is 78.1 cm³/mol. The Hall–Kier alpha value is -2.15. The highest BCUT2D eigenvalue weighted by Crippen LogP contribution is 2.21. The normalized spacial score (nSPS) is 18.2. The Kier molecular flexibility index (Phi) is 5.10. The first-order valence-electron chi connectivity index (χ1n) is 7.01. The number of hydrogen-bond donors (Lipinski definition) is 2. The zero-order valence-electron chi connectivity index (χ0n) is 11.7. The lowest BCUT2D eigenvalue weighted by atomic mass is 10.1. The number of nitrogens with zero attached hydrogens (tertiary/aromatic N) is 1. The van der Waals surface area contributed by atoms with E-state index in [0.717, 1.165) is 25.9 Å². The average molecular weight is 293 g/mol. The summed E-state index contributed by atoms with van der Waals surface area (Å²) in [7, 11) is 0. The number of hydrogen-bond acceptors (Lipinski definition) is 5. The summed E-state index contributed by atoms with van der Waals surface area (Å²) in [6.45, 7) is 1.19. The largest absolute Gasteiger partial charge is 0.399 e. The van der Waals surface area contributed by atoms with Crippen molar-refractivity contribution in [2.24, 2.45) is 0 Å². The van der Waals surface area contributed by atoms with Gasteiger partial charge in [0.1, 0.15) is 5.56 Å². The molecule has 0 spiro atoms. The molecule has 1 unspecified atom stereocenters. The third-order valence-corrected chi connectivity index (χ3v) is 3.49.